The van der Waals surface area contributed by atoms with Crippen molar-refractivity contribution in [3.63, 3.8) is 0 Å². The molecule has 0 aliphatic rings. The van der Waals surface area contributed by atoms with Gasteiger partial charge in [0.1, 0.15) is 12.7 Å². The van der Waals surface area contributed by atoms with Crippen LogP contribution in [0.1, 0.15) is 39.5 Å². The number of alkyl halides is 7. The molecule has 3 rings (SSSR count). The minimum absolute atomic E-state index is 0.0148. The number of hydrogen-bond donors (Lipinski definition) is 1. The number of carbonyl (C=O) groups excluding carboxylic acids is 1. The number of carbonyl (C=O) groups is 1. The Morgan fingerprint density at radius 1 is 0.971 bits per heavy atom. The highest BCUT2D eigenvalue weighted by Crippen LogP contribution is 2.53. The molecule has 1 aromatic heterocycles. The van der Waals surface area contributed by atoms with Gasteiger partial charge < -0.3 is 5.32 Å². The van der Waals surface area contributed by atoms with Gasteiger partial charge in [-0.15, -0.1) is 0 Å². The van der Waals surface area contributed by atoms with Crippen LogP contribution in [-0.4, -0.2) is 33.0 Å². The van der Waals surface area contributed by atoms with E-state index < -0.39 is 29.5 Å². The molecule has 2 aromatic carbocycles. The van der Waals surface area contributed by atoms with Crippen LogP contribution in [0.4, 0.5) is 36.4 Å². The predicted octanol–water partition coefficient (Wildman–Crippen LogP) is 5.99. The van der Waals surface area contributed by atoms with Crippen molar-refractivity contribution in [3.05, 3.63) is 70.8 Å². The Morgan fingerprint density at radius 3 is 2.12 bits per heavy atom. The molecule has 0 atom stereocenters. The first-order valence-electron chi connectivity index (χ1n) is 9.94. The normalized spacial score (nSPS) is 12.6. The van der Waals surface area contributed by atoms with E-state index in [1.807, 2.05) is 0 Å². The van der Waals surface area contributed by atoms with E-state index in [9.17, 15) is 35.5 Å². The first-order valence-corrected chi connectivity index (χ1v) is 9.94. The molecule has 0 bridgehead atoms. The van der Waals surface area contributed by atoms with Crippen LogP contribution >= 0.6 is 0 Å². The fourth-order valence-corrected chi connectivity index (χ4v) is 3.58. The second-order valence-corrected chi connectivity index (χ2v) is 7.63. The Labute approximate surface area is 189 Å². The predicted molar refractivity (Wildman–Crippen MR) is 110 cm³/mol. The minimum Gasteiger partial charge on any atom is -0.321 e. The van der Waals surface area contributed by atoms with E-state index >= 15 is 0 Å². The van der Waals surface area contributed by atoms with Gasteiger partial charge in [0, 0.05) is 16.8 Å². The molecule has 1 N–H and O–H groups in total. The zero-order valence-electron chi connectivity index (χ0n) is 18.1. The minimum atomic E-state index is -6.23. The Balaban J connectivity index is 1.99. The van der Waals surface area contributed by atoms with Crippen molar-refractivity contribution in [2.75, 3.05) is 5.32 Å². The van der Waals surface area contributed by atoms with Gasteiger partial charge >= 0.3 is 18.0 Å². The molecular formula is C22H19F7N4O. The average Bonchev–Trinajstić information content (AvgIpc) is 3.27. The number of rotatable bonds is 5. The average molecular weight is 488 g/mol. The van der Waals surface area contributed by atoms with Gasteiger partial charge in [-0.3, -0.25) is 4.79 Å². The highest BCUT2D eigenvalue weighted by molar-refractivity contribution is 6.05. The molecule has 182 valence electrons. The maximum atomic E-state index is 14.5. The standard InChI is InChI=1S/C22H19F7N4O/c1-4-14-9-16(20(23,21(24,25)26)22(27,28)29)8-13(3)18(14)32-19(34)15-5-6-17(12(2)7-15)33-11-30-10-31-33/h5-11H,4H2,1-3H3,(H,32,34). The molecule has 34 heavy (non-hydrogen) atoms. The second kappa shape index (κ2) is 8.73. The molecule has 0 saturated heterocycles. The molecule has 5 nitrogen and oxygen atoms in total. The van der Waals surface area contributed by atoms with E-state index in [2.05, 4.69) is 15.4 Å². The maximum absolute atomic E-state index is 14.5. The maximum Gasteiger partial charge on any atom is 0.435 e. The number of anilines is 1. The lowest BCUT2D eigenvalue weighted by Crippen LogP contribution is -2.50. The summed E-state index contributed by atoms with van der Waals surface area (Å²) in [6.07, 6.45) is -9.70. The molecule has 0 spiro atoms. The van der Waals surface area contributed by atoms with Crippen LogP contribution in [0, 0.1) is 13.8 Å². The van der Waals surface area contributed by atoms with Gasteiger partial charge in [-0.05, 0) is 61.2 Å². The van der Waals surface area contributed by atoms with Gasteiger partial charge in [-0.1, -0.05) is 13.0 Å². The molecule has 0 radical (unpaired) electrons. The fraction of sp³-hybridized carbons (Fsp3) is 0.318. The summed E-state index contributed by atoms with van der Waals surface area (Å²) >= 11 is 0. The monoisotopic (exact) mass is 488 g/mol. The summed E-state index contributed by atoms with van der Waals surface area (Å²) in [6.45, 7) is 4.39. The lowest BCUT2D eigenvalue weighted by atomic mass is 9.89. The Bertz CT molecular complexity index is 1190. The van der Waals surface area contributed by atoms with E-state index in [1.165, 1.54) is 37.3 Å². The largest absolute Gasteiger partial charge is 0.435 e. The molecule has 0 aliphatic carbocycles. The summed E-state index contributed by atoms with van der Waals surface area (Å²) in [5.74, 6) is -0.642. The molecule has 12 heteroatoms. The van der Waals surface area contributed by atoms with E-state index in [1.54, 1.807) is 19.1 Å². The number of aromatic nitrogens is 3. The van der Waals surface area contributed by atoms with Crippen LogP contribution in [0.3, 0.4) is 0 Å². The molecule has 0 fully saturated rings. The molecule has 0 unspecified atom stereocenters. The summed E-state index contributed by atoms with van der Waals surface area (Å²) in [5, 5.41) is 6.53. The summed E-state index contributed by atoms with van der Waals surface area (Å²) in [5.41, 5.74) is -5.83. The van der Waals surface area contributed by atoms with Crippen molar-refractivity contribution in [3.8, 4) is 5.69 Å². The van der Waals surface area contributed by atoms with Crippen LogP contribution < -0.4 is 5.32 Å². The molecule has 0 aliphatic heterocycles. The Kier molecular flexibility index (Phi) is 6.47. The summed E-state index contributed by atoms with van der Waals surface area (Å²) in [4.78, 5) is 16.6. The molecule has 0 saturated carbocycles. The van der Waals surface area contributed by atoms with E-state index in [-0.39, 0.29) is 28.8 Å². The lowest BCUT2D eigenvalue weighted by Gasteiger charge is -2.31. The zero-order chi connectivity index (χ0) is 25.5. The topological polar surface area (TPSA) is 59.8 Å². The third-order valence-corrected chi connectivity index (χ3v) is 5.34. The van der Waals surface area contributed by atoms with Crippen molar-refractivity contribution >= 4 is 11.6 Å². The number of aryl methyl sites for hydroxylation is 3. The fourth-order valence-electron chi connectivity index (χ4n) is 3.58. The molecular weight excluding hydrogens is 469 g/mol. The smallest absolute Gasteiger partial charge is 0.321 e. The van der Waals surface area contributed by atoms with Crippen molar-refractivity contribution in [1.29, 1.82) is 0 Å². The van der Waals surface area contributed by atoms with Crippen molar-refractivity contribution in [1.82, 2.24) is 14.8 Å². The van der Waals surface area contributed by atoms with E-state index in [0.717, 1.165) is 0 Å². The van der Waals surface area contributed by atoms with Crippen LogP contribution in [-0.2, 0) is 12.1 Å². The molecule has 1 heterocycles. The van der Waals surface area contributed by atoms with Gasteiger partial charge in [0.25, 0.3) is 5.91 Å². The van der Waals surface area contributed by atoms with Gasteiger partial charge in [-0.25, -0.2) is 14.1 Å². The van der Waals surface area contributed by atoms with E-state index in [4.69, 9.17) is 0 Å². The number of nitrogens with zero attached hydrogens (tertiary/aromatic N) is 3. The SMILES string of the molecule is CCc1cc(C(F)(C(F)(F)F)C(F)(F)F)cc(C)c1NC(=O)c1ccc(-n2cncn2)c(C)c1. The summed E-state index contributed by atoms with van der Waals surface area (Å²) in [6, 6.07) is 5.58. The van der Waals surface area contributed by atoms with Crippen LogP contribution in [0.15, 0.2) is 43.0 Å². The quantitative estimate of drug-likeness (QED) is 0.449. The Morgan fingerprint density at radius 2 is 1.62 bits per heavy atom. The number of hydrogen-bond acceptors (Lipinski definition) is 3. The number of benzene rings is 2. The van der Waals surface area contributed by atoms with Gasteiger partial charge in [-0.2, -0.15) is 31.4 Å². The number of amides is 1. The number of halogens is 7. The van der Waals surface area contributed by atoms with Gasteiger partial charge in [0.05, 0.1) is 5.69 Å². The first kappa shape index (κ1) is 25.2. The van der Waals surface area contributed by atoms with Crippen LogP contribution in [0.5, 0.6) is 0 Å². The molecule has 1 amide bonds. The van der Waals surface area contributed by atoms with Gasteiger partial charge in [0.2, 0.25) is 0 Å². The highest BCUT2D eigenvalue weighted by atomic mass is 19.4. The Hall–Kier alpha value is -3.44. The highest BCUT2D eigenvalue weighted by Gasteiger charge is 2.73. The molecule has 3 aromatic rings. The lowest BCUT2D eigenvalue weighted by molar-refractivity contribution is -0.348. The van der Waals surface area contributed by atoms with Crippen LogP contribution in [0.25, 0.3) is 5.69 Å². The van der Waals surface area contributed by atoms with Gasteiger partial charge in [0.15, 0.2) is 0 Å². The second-order valence-electron chi connectivity index (χ2n) is 7.63. The zero-order valence-corrected chi connectivity index (χ0v) is 18.1. The third-order valence-electron chi connectivity index (χ3n) is 5.34. The van der Waals surface area contributed by atoms with Crippen molar-refractivity contribution in [2.45, 2.75) is 45.2 Å². The van der Waals surface area contributed by atoms with Crippen molar-refractivity contribution in [2.24, 2.45) is 0 Å². The van der Waals surface area contributed by atoms with Crippen LogP contribution in [0.2, 0.25) is 0 Å². The number of nitrogens with one attached hydrogen (secondary N) is 1. The first-order chi connectivity index (χ1) is 15.7. The van der Waals surface area contributed by atoms with Crippen molar-refractivity contribution < 1.29 is 35.5 Å². The summed E-state index contributed by atoms with van der Waals surface area (Å²) < 4.78 is 95.1. The van der Waals surface area contributed by atoms with E-state index in [0.29, 0.717) is 23.4 Å². The summed E-state index contributed by atoms with van der Waals surface area (Å²) in [7, 11) is 0. The third kappa shape index (κ3) is 4.36.